The molecule has 0 aliphatic heterocycles. The van der Waals surface area contributed by atoms with Crippen LogP contribution >= 0.6 is 0 Å². The third-order valence-corrected chi connectivity index (χ3v) is 3.26. The molecule has 0 unspecified atom stereocenters. The summed E-state index contributed by atoms with van der Waals surface area (Å²) in [5.41, 5.74) is 7.78. The topological polar surface area (TPSA) is 73.6 Å². The predicted molar refractivity (Wildman–Crippen MR) is 69.6 cm³/mol. The molecule has 1 saturated carbocycles. The Labute approximate surface area is 106 Å². The van der Waals surface area contributed by atoms with Crippen molar-refractivity contribution in [3.05, 3.63) is 23.8 Å². The highest BCUT2D eigenvalue weighted by Gasteiger charge is 2.29. The van der Waals surface area contributed by atoms with Gasteiger partial charge in [-0.3, -0.25) is 0 Å². The van der Waals surface area contributed by atoms with Gasteiger partial charge in [0.15, 0.2) is 0 Å². The largest absolute Gasteiger partial charge is 0.465 e. The Kier molecular flexibility index (Phi) is 3.72. The minimum Gasteiger partial charge on any atom is -0.465 e. The van der Waals surface area contributed by atoms with Gasteiger partial charge in [-0.15, -0.1) is 0 Å². The van der Waals surface area contributed by atoms with E-state index in [0.29, 0.717) is 23.4 Å². The number of nitrogen functional groups attached to an aromatic ring is 1. The van der Waals surface area contributed by atoms with Gasteiger partial charge in [0.25, 0.3) is 0 Å². The molecule has 5 nitrogen and oxygen atoms in total. The average Bonchev–Trinajstić information content (AvgIpc) is 2.34. The molecule has 1 aliphatic carbocycles. The minimum absolute atomic E-state index is 0.326. The summed E-state index contributed by atoms with van der Waals surface area (Å²) in [5, 5.41) is 3.32. The van der Waals surface area contributed by atoms with Crippen LogP contribution in [0, 0.1) is 0 Å². The highest BCUT2D eigenvalue weighted by atomic mass is 16.5. The Balaban J connectivity index is 2.05. The maximum absolute atomic E-state index is 11.4. The van der Waals surface area contributed by atoms with E-state index in [-0.39, 0.29) is 5.97 Å². The third kappa shape index (κ3) is 2.56. The van der Waals surface area contributed by atoms with Gasteiger partial charge in [0.2, 0.25) is 0 Å². The fraction of sp³-hybridized carbons (Fsp3) is 0.462. The molecule has 0 atom stereocenters. The first-order valence-corrected chi connectivity index (χ1v) is 5.91. The second kappa shape index (κ2) is 5.27. The Morgan fingerprint density at radius 3 is 2.72 bits per heavy atom. The lowest BCUT2D eigenvalue weighted by molar-refractivity contribution is 0.0328. The number of carbonyl (C=O) groups is 1. The van der Waals surface area contributed by atoms with Gasteiger partial charge in [0, 0.05) is 13.2 Å². The number of hydrogen-bond donors (Lipinski definition) is 2. The molecule has 0 radical (unpaired) electrons. The quantitative estimate of drug-likeness (QED) is 0.628. The maximum atomic E-state index is 11.4. The average molecular weight is 250 g/mol. The van der Waals surface area contributed by atoms with Gasteiger partial charge in [-0.2, -0.15) is 0 Å². The first-order chi connectivity index (χ1) is 8.63. The van der Waals surface area contributed by atoms with E-state index in [1.165, 1.54) is 7.11 Å². The second-order valence-electron chi connectivity index (χ2n) is 4.46. The summed E-state index contributed by atoms with van der Waals surface area (Å²) in [5.74, 6) is -0.360. The van der Waals surface area contributed by atoms with Crippen molar-refractivity contribution in [2.45, 2.75) is 25.0 Å². The molecule has 5 heteroatoms. The van der Waals surface area contributed by atoms with Gasteiger partial charge in [-0.1, -0.05) is 0 Å². The Hall–Kier alpha value is -1.75. The van der Waals surface area contributed by atoms with E-state index in [1.807, 2.05) is 0 Å². The first kappa shape index (κ1) is 12.7. The van der Waals surface area contributed by atoms with E-state index in [4.69, 9.17) is 10.5 Å². The van der Waals surface area contributed by atoms with E-state index in [9.17, 15) is 4.79 Å². The van der Waals surface area contributed by atoms with Crippen molar-refractivity contribution in [2.75, 3.05) is 25.3 Å². The van der Waals surface area contributed by atoms with Crippen LogP contribution in [0.25, 0.3) is 0 Å². The van der Waals surface area contributed by atoms with Crippen LogP contribution in [0.15, 0.2) is 18.2 Å². The Bertz CT molecular complexity index is 442. The van der Waals surface area contributed by atoms with Crippen molar-refractivity contribution in [2.24, 2.45) is 0 Å². The molecule has 1 fully saturated rings. The fourth-order valence-electron chi connectivity index (χ4n) is 2.02. The summed E-state index contributed by atoms with van der Waals surface area (Å²) in [7, 11) is 3.08. The number of nitrogens with two attached hydrogens (primary N) is 1. The van der Waals surface area contributed by atoms with Gasteiger partial charge in [0.1, 0.15) is 0 Å². The molecule has 0 bridgehead atoms. The van der Waals surface area contributed by atoms with Gasteiger partial charge >= 0.3 is 5.97 Å². The van der Waals surface area contributed by atoms with Crippen molar-refractivity contribution in [3.63, 3.8) is 0 Å². The molecule has 0 amide bonds. The zero-order valence-electron chi connectivity index (χ0n) is 10.6. The second-order valence-corrected chi connectivity index (χ2v) is 4.46. The van der Waals surface area contributed by atoms with Crippen LogP contribution in [-0.4, -0.2) is 32.3 Å². The van der Waals surface area contributed by atoms with E-state index in [1.54, 1.807) is 25.3 Å². The SMILES string of the molecule is COC(=O)c1ccc(N)c(N[C@H]2C[C@@H](OC)C2)c1. The third-order valence-electron chi connectivity index (χ3n) is 3.26. The Morgan fingerprint density at radius 2 is 2.11 bits per heavy atom. The lowest BCUT2D eigenvalue weighted by atomic mass is 9.89. The van der Waals surface area contributed by atoms with Crippen molar-refractivity contribution < 1.29 is 14.3 Å². The van der Waals surface area contributed by atoms with E-state index < -0.39 is 0 Å². The normalized spacial score (nSPS) is 22.1. The lowest BCUT2D eigenvalue weighted by Gasteiger charge is -2.35. The van der Waals surface area contributed by atoms with Crippen molar-refractivity contribution in [1.29, 1.82) is 0 Å². The molecule has 0 spiro atoms. The molecule has 1 aliphatic rings. The summed E-state index contributed by atoms with van der Waals surface area (Å²) in [6.45, 7) is 0. The lowest BCUT2D eigenvalue weighted by Crippen LogP contribution is -2.40. The molecular weight excluding hydrogens is 232 g/mol. The van der Waals surface area contributed by atoms with Gasteiger partial charge in [-0.05, 0) is 31.0 Å². The maximum Gasteiger partial charge on any atom is 0.337 e. The molecule has 1 aromatic rings. The highest BCUT2D eigenvalue weighted by molar-refractivity contribution is 5.92. The number of rotatable bonds is 4. The summed E-state index contributed by atoms with van der Waals surface area (Å²) < 4.78 is 9.90. The first-order valence-electron chi connectivity index (χ1n) is 5.91. The molecule has 0 saturated heterocycles. The number of nitrogens with one attached hydrogen (secondary N) is 1. The predicted octanol–water partition coefficient (Wildman–Crippen LogP) is 1.64. The van der Waals surface area contributed by atoms with Gasteiger partial charge < -0.3 is 20.5 Å². The van der Waals surface area contributed by atoms with Crippen molar-refractivity contribution in [1.82, 2.24) is 0 Å². The summed E-state index contributed by atoms with van der Waals surface area (Å²) in [4.78, 5) is 11.4. The van der Waals surface area contributed by atoms with Crippen LogP contribution in [0.5, 0.6) is 0 Å². The van der Waals surface area contributed by atoms with E-state index in [0.717, 1.165) is 18.5 Å². The molecule has 1 aromatic carbocycles. The van der Waals surface area contributed by atoms with Crippen LogP contribution in [0.2, 0.25) is 0 Å². The number of hydrogen-bond acceptors (Lipinski definition) is 5. The molecule has 3 N–H and O–H groups in total. The molecule has 18 heavy (non-hydrogen) atoms. The van der Waals surface area contributed by atoms with Crippen molar-refractivity contribution >= 4 is 17.3 Å². The molecule has 0 heterocycles. The number of esters is 1. The highest BCUT2D eigenvalue weighted by Crippen LogP contribution is 2.29. The van der Waals surface area contributed by atoms with Crippen LogP contribution in [-0.2, 0) is 9.47 Å². The molecule has 2 rings (SSSR count). The zero-order valence-corrected chi connectivity index (χ0v) is 10.6. The zero-order chi connectivity index (χ0) is 13.1. The van der Waals surface area contributed by atoms with Crippen LogP contribution < -0.4 is 11.1 Å². The smallest absolute Gasteiger partial charge is 0.337 e. The molecule has 98 valence electrons. The minimum atomic E-state index is -0.360. The standard InChI is InChI=1S/C13H18N2O3/c1-17-10-6-9(7-10)15-12-5-8(13(16)18-2)3-4-11(12)14/h3-5,9-10,15H,6-7,14H2,1-2H3/t9-,10+. The Morgan fingerprint density at radius 1 is 1.39 bits per heavy atom. The number of methoxy groups -OCH3 is 2. The monoisotopic (exact) mass is 250 g/mol. The van der Waals surface area contributed by atoms with Crippen molar-refractivity contribution in [3.8, 4) is 0 Å². The molecular formula is C13H18N2O3. The van der Waals surface area contributed by atoms with Crippen LogP contribution in [0.4, 0.5) is 11.4 Å². The van der Waals surface area contributed by atoms with Gasteiger partial charge in [0.05, 0.1) is 30.2 Å². The number of ether oxygens (including phenoxy) is 2. The number of anilines is 2. The van der Waals surface area contributed by atoms with E-state index in [2.05, 4.69) is 10.1 Å². The van der Waals surface area contributed by atoms with Crippen LogP contribution in [0.3, 0.4) is 0 Å². The summed E-state index contributed by atoms with van der Waals surface area (Å²) in [6.07, 6.45) is 2.24. The number of benzene rings is 1. The number of carbonyl (C=O) groups excluding carboxylic acids is 1. The van der Waals surface area contributed by atoms with Gasteiger partial charge in [-0.25, -0.2) is 4.79 Å². The fourth-order valence-corrected chi connectivity index (χ4v) is 2.02. The molecule has 0 aromatic heterocycles. The summed E-state index contributed by atoms with van der Waals surface area (Å²) >= 11 is 0. The van der Waals surface area contributed by atoms with Crippen LogP contribution in [0.1, 0.15) is 23.2 Å². The summed E-state index contributed by atoms with van der Waals surface area (Å²) in [6, 6.07) is 5.44. The van der Waals surface area contributed by atoms with E-state index >= 15 is 0 Å².